The van der Waals surface area contributed by atoms with Gasteiger partial charge in [-0.3, -0.25) is 4.79 Å². The number of rotatable bonds is 5. The summed E-state index contributed by atoms with van der Waals surface area (Å²) in [4.78, 5) is 11.3. The Balaban J connectivity index is 1.88. The average molecular weight is 275 g/mol. The van der Waals surface area contributed by atoms with E-state index in [0.29, 0.717) is 0 Å². The van der Waals surface area contributed by atoms with Crippen LogP contribution in [0.1, 0.15) is 42.4 Å². The molecule has 0 aliphatic heterocycles. The van der Waals surface area contributed by atoms with Crippen molar-refractivity contribution in [1.82, 2.24) is 5.32 Å². The monoisotopic (exact) mass is 275 g/mol. The highest BCUT2D eigenvalue weighted by Crippen LogP contribution is 2.29. The van der Waals surface area contributed by atoms with E-state index < -0.39 is 5.97 Å². The number of aliphatic carboxylic acids is 1. The molecule has 3 heteroatoms. The second-order valence-corrected chi connectivity index (χ2v) is 6.05. The molecule has 0 radical (unpaired) electrons. The first-order chi connectivity index (χ1) is 9.58. The standard InChI is InChI=1S/C17H25NO2/c1-12-7-8-13(2)15(9-12)11-18-10-14-5-3-4-6-16(14)17(19)20/h7-9,14,16,18H,3-6,10-11H2,1-2H3,(H,19,20). The van der Waals surface area contributed by atoms with E-state index in [1.165, 1.54) is 23.1 Å². The molecule has 2 atom stereocenters. The van der Waals surface area contributed by atoms with E-state index in [9.17, 15) is 9.90 Å². The Bertz CT molecular complexity index is 470. The summed E-state index contributed by atoms with van der Waals surface area (Å²) in [6.45, 7) is 5.86. The molecule has 0 amide bonds. The van der Waals surface area contributed by atoms with Crippen molar-refractivity contribution in [2.45, 2.75) is 46.1 Å². The van der Waals surface area contributed by atoms with Gasteiger partial charge in [-0.25, -0.2) is 0 Å². The molecule has 0 spiro atoms. The molecular weight excluding hydrogens is 250 g/mol. The third kappa shape index (κ3) is 3.83. The van der Waals surface area contributed by atoms with Gasteiger partial charge < -0.3 is 10.4 Å². The molecule has 2 rings (SSSR count). The Labute approximate surface area is 121 Å². The highest BCUT2D eigenvalue weighted by molar-refractivity contribution is 5.70. The van der Waals surface area contributed by atoms with Crippen LogP contribution in [0.15, 0.2) is 18.2 Å². The van der Waals surface area contributed by atoms with E-state index in [0.717, 1.165) is 32.4 Å². The fraction of sp³-hybridized carbons (Fsp3) is 0.588. The quantitative estimate of drug-likeness (QED) is 0.867. The van der Waals surface area contributed by atoms with Crippen LogP contribution in [-0.4, -0.2) is 17.6 Å². The van der Waals surface area contributed by atoms with Crippen LogP contribution >= 0.6 is 0 Å². The number of nitrogens with one attached hydrogen (secondary N) is 1. The zero-order valence-electron chi connectivity index (χ0n) is 12.5. The molecule has 0 aromatic heterocycles. The van der Waals surface area contributed by atoms with Crippen molar-refractivity contribution in [2.24, 2.45) is 11.8 Å². The van der Waals surface area contributed by atoms with Crippen molar-refractivity contribution in [1.29, 1.82) is 0 Å². The van der Waals surface area contributed by atoms with Gasteiger partial charge in [-0.2, -0.15) is 0 Å². The van der Waals surface area contributed by atoms with Gasteiger partial charge in [0.15, 0.2) is 0 Å². The molecule has 3 nitrogen and oxygen atoms in total. The van der Waals surface area contributed by atoms with Crippen LogP contribution in [-0.2, 0) is 11.3 Å². The summed E-state index contributed by atoms with van der Waals surface area (Å²) in [6, 6.07) is 6.48. The lowest BCUT2D eigenvalue weighted by molar-refractivity contribution is -0.144. The minimum atomic E-state index is -0.622. The largest absolute Gasteiger partial charge is 0.481 e. The lowest BCUT2D eigenvalue weighted by atomic mass is 9.79. The number of hydrogen-bond acceptors (Lipinski definition) is 2. The number of hydrogen-bond donors (Lipinski definition) is 2. The van der Waals surface area contributed by atoms with Crippen molar-refractivity contribution in [3.63, 3.8) is 0 Å². The first-order valence-electron chi connectivity index (χ1n) is 7.57. The second kappa shape index (κ2) is 6.89. The number of carboxylic acid groups (broad SMARTS) is 1. The molecule has 1 fully saturated rings. The second-order valence-electron chi connectivity index (χ2n) is 6.05. The third-order valence-corrected chi connectivity index (χ3v) is 4.45. The summed E-state index contributed by atoms with van der Waals surface area (Å²) < 4.78 is 0. The molecule has 0 saturated heterocycles. The molecule has 0 heterocycles. The zero-order valence-corrected chi connectivity index (χ0v) is 12.5. The lowest BCUT2D eigenvalue weighted by Gasteiger charge is -2.28. The highest BCUT2D eigenvalue weighted by atomic mass is 16.4. The molecule has 2 N–H and O–H groups in total. The minimum Gasteiger partial charge on any atom is -0.481 e. The summed E-state index contributed by atoms with van der Waals surface area (Å²) in [7, 11) is 0. The Morgan fingerprint density at radius 2 is 2.05 bits per heavy atom. The predicted molar refractivity (Wildman–Crippen MR) is 80.7 cm³/mol. The summed E-state index contributed by atoms with van der Waals surface area (Å²) >= 11 is 0. The van der Waals surface area contributed by atoms with Gasteiger partial charge in [0.1, 0.15) is 0 Å². The van der Waals surface area contributed by atoms with E-state index in [1.807, 2.05) is 0 Å². The van der Waals surface area contributed by atoms with Crippen LogP contribution in [0.4, 0.5) is 0 Å². The number of carboxylic acids is 1. The molecule has 1 aromatic carbocycles. The number of benzene rings is 1. The smallest absolute Gasteiger partial charge is 0.306 e. The van der Waals surface area contributed by atoms with Crippen LogP contribution in [0.5, 0.6) is 0 Å². The van der Waals surface area contributed by atoms with Crippen LogP contribution in [0.2, 0.25) is 0 Å². The molecule has 1 aliphatic carbocycles. The summed E-state index contributed by atoms with van der Waals surface area (Å²) in [5.74, 6) is -0.496. The van der Waals surface area contributed by atoms with Gasteiger partial charge in [0.2, 0.25) is 0 Å². The van der Waals surface area contributed by atoms with Crippen molar-refractivity contribution in [3.8, 4) is 0 Å². The summed E-state index contributed by atoms with van der Waals surface area (Å²) in [5, 5.41) is 12.7. The fourth-order valence-corrected chi connectivity index (χ4v) is 3.16. The molecule has 0 bridgehead atoms. The van der Waals surface area contributed by atoms with E-state index in [2.05, 4.69) is 37.4 Å². The average Bonchev–Trinajstić information content (AvgIpc) is 2.43. The maximum atomic E-state index is 11.3. The summed E-state index contributed by atoms with van der Waals surface area (Å²) in [6.07, 6.45) is 4.10. The molecule has 1 saturated carbocycles. The van der Waals surface area contributed by atoms with Gasteiger partial charge in [-0.15, -0.1) is 0 Å². The Morgan fingerprint density at radius 3 is 2.80 bits per heavy atom. The minimum absolute atomic E-state index is 0.158. The van der Waals surface area contributed by atoms with Crippen molar-refractivity contribution in [2.75, 3.05) is 6.54 Å². The molecule has 2 unspecified atom stereocenters. The lowest BCUT2D eigenvalue weighted by Crippen LogP contribution is -2.34. The Morgan fingerprint density at radius 1 is 1.30 bits per heavy atom. The van der Waals surface area contributed by atoms with E-state index >= 15 is 0 Å². The Kier molecular flexibility index (Phi) is 5.18. The van der Waals surface area contributed by atoms with Crippen LogP contribution in [0, 0.1) is 25.7 Å². The van der Waals surface area contributed by atoms with E-state index in [4.69, 9.17) is 0 Å². The predicted octanol–water partition coefficient (Wildman–Crippen LogP) is 3.28. The fourth-order valence-electron chi connectivity index (χ4n) is 3.16. The van der Waals surface area contributed by atoms with E-state index in [-0.39, 0.29) is 11.8 Å². The van der Waals surface area contributed by atoms with E-state index in [1.54, 1.807) is 0 Å². The molecule has 20 heavy (non-hydrogen) atoms. The van der Waals surface area contributed by atoms with Gasteiger partial charge in [-0.1, -0.05) is 36.6 Å². The van der Waals surface area contributed by atoms with Gasteiger partial charge in [0, 0.05) is 6.54 Å². The van der Waals surface area contributed by atoms with Gasteiger partial charge in [-0.05, 0) is 50.3 Å². The molecule has 110 valence electrons. The van der Waals surface area contributed by atoms with Crippen LogP contribution in [0.25, 0.3) is 0 Å². The maximum absolute atomic E-state index is 11.3. The van der Waals surface area contributed by atoms with Crippen LogP contribution < -0.4 is 5.32 Å². The molecule has 1 aromatic rings. The SMILES string of the molecule is Cc1ccc(C)c(CNCC2CCCCC2C(=O)O)c1. The topological polar surface area (TPSA) is 49.3 Å². The summed E-state index contributed by atoms with van der Waals surface area (Å²) in [5.41, 5.74) is 3.88. The first kappa shape index (κ1) is 15.0. The van der Waals surface area contributed by atoms with Crippen molar-refractivity contribution >= 4 is 5.97 Å². The van der Waals surface area contributed by atoms with Crippen molar-refractivity contribution in [3.05, 3.63) is 34.9 Å². The van der Waals surface area contributed by atoms with Gasteiger partial charge in [0.25, 0.3) is 0 Å². The van der Waals surface area contributed by atoms with Gasteiger partial charge >= 0.3 is 5.97 Å². The number of aryl methyl sites for hydroxylation is 2. The molecule has 1 aliphatic rings. The highest BCUT2D eigenvalue weighted by Gasteiger charge is 2.30. The van der Waals surface area contributed by atoms with Gasteiger partial charge in [0.05, 0.1) is 5.92 Å². The van der Waals surface area contributed by atoms with Crippen molar-refractivity contribution < 1.29 is 9.90 Å². The zero-order chi connectivity index (χ0) is 14.5. The first-order valence-corrected chi connectivity index (χ1v) is 7.57. The maximum Gasteiger partial charge on any atom is 0.306 e. The Hall–Kier alpha value is -1.35. The van der Waals surface area contributed by atoms with Crippen LogP contribution in [0.3, 0.4) is 0 Å². The molecular formula is C17H25NO2. The normalized spacial score (nSPS) is 22.7. The third-order valence-electron chi connectivity index (χ3n) is 4.45. The number of carbonyl (C=O) groups is 1.